The number of aromatic hydroxyl groups is 2. The van der Waals surface area contributed by atoms with Crippen molar-refractivity contribution in [2.45, 2.75) is 84.0 Å². The number of hydrogen-bond acceptors (Lipinski definition) is 4. The number of carbonyl (C=O) groups is 2. The Bertz CT molecular complexity index is 1170. The minimum atomic E-state index is -4.84. The first-order chi connectivity index (χ1) is 18.7. The first kappa shape index (κ1) is 39.0. The van der Waals surface area contributed by atoms with Crippen LogP contribution in [0.1, 0.15) is 71.9 Å². The van der Waals surface area contributed by atoms with Gasteiger partial charge >= 0.3 is 24.2 Å². The molecule has 2 amide bonds. The molecule has 0 spiro atoms. The number of amides is 2. The van der Waals surface area contributed by atoms with Crippen molar-refractivity contribution in [1.82, 2.24) is 10.6 Å². The van der Waals surface area contributed by atoms with Crippen LogP contribution < -0.4 is 10.6 Å². The number of benzene rings is 2. The number of phenols is 2. The molecule has 238 valence electrons. The Kier molecular flexibility index (Phi) is 14.9. The largest absolute Gasteiger partial charge is 0.508 e. The van der Waals surface area contributed by atoms with Gasteiger partial charge in [0, 0.05) is 13.1 Å². The lowest BCUT2D eigenvalue weighted by atomic mass is 9.80. The smallest absolute Gasteiger partial charge is 0.471 e. The normalized spacial score (nSPS) is 12.0. The van der Waals surface area contributed by atoms with Crippen molar-refractivity contribution < 1.29 is 46.1 Å². The van der Waals surface area contributed by atoms with Crippen LogP contribution in [0.2, 0.25) is 0 Å². The summed E-state index contributed by atoms with van der Waals surface area (Å²) in [4.78, 5) is 21.3. The average molecular weight is 674 g/mol. The molecule has 0 aliphatic carbocycles. The fraction of sp³-hybridized carbons (Fsp3) is 0.517. The molecule has 0 radical (unpaired) electrons. The van der Waals surface area contributed by atoms with Crippen molar-refractivity contribution in [2.75, 3.05) is 13.1 Å². The Hall–Kier alpha value is -2.96. The fourth-order valence-corrected chi connectivity index (χ4v) is 4.06. The summed E-state index contributed by atoms with van der Waals surface area (Å²) < 4.78 is 72.6. The molecule has 2 rings (SSSR count). The highest BCUT2D eigenvalue weighted by molar-refractivity contribution is 9.10. The maximum absolute atomic E-state index is 12.0. The van der Waals surface area contributed by atoms with Gasteiger partial charge in [0.05, 0.1) is 4.47 Å². The Balaban J connectivity index is 0.000000783. The zero-order valence-corrected chi connectivity index (χ0v) is 24.7. The summed E-state index contributed by atoms with van der Waals surface area (Å²) in [5.74, 6) is -3.55. The first-order valence-corrected chi connectivity index (χ1v) is 13.4. The van der Waals surface area contributed by atoms with Crippen LogP contribution in [-0.2, 0) is 20.4 Å². The summed E-state index contributed by atoms with van der Waals surface area (Å²) in [6, 6.07) is 12.0. The first-order valence-electron chi connectivity index (χ1n) is 12.7. The third kappa shape index (κ3) is 13.3. The van der Waals surface area contributed by atoms with Crippen molar-refractivity contribution in [3.05, 3.63) is 58.1 Å². The van der Waals surface area contributed by atoms with Crippen molar-refractivity contribution >= 4 is 27.7 Å². The van der Waals surface area contributed by atoms with Gasteiger partial charge in [-0.15, -0.1) is 0 Å². The van der Waals surface area contributed by atoms with Crippen LogP contribution in [0.3, 0.4) is 0 Å². The summed E-state index contributed by atoms with van der Waals surface area (Å²) in [6.45, 7) is 7.67. The van der Waals surface area contributed by atoms with E-state index in [4.69, 9.17) is 0 Å². The van der Waals surface area contributed by atoms with Crippen LogP contribution in [0.4, 0.5) is 26.3 Å². The zero-order valence-electron chi connectivity index (χ0n) is 23.1. The van der Waals surface area contributed by atoms with Crippen molar-refractivity contribution in [3.8, 4) is 11.5 Å². The van der Waals surface area contributed by atoms with E-state index in [0.717, 1.165) is 11.1 Å². The highest BCUT2D eigenvalue weighted by Crippen LogP contribution is 2.34. The minimum Gasteiger partial charge on any atom is -0.508 e. The van der Waals surface area contributed by atoms with Gasteiger partial charge in [0.1, 0.15) is 11.5 Å². The van der Waals surface area contributed by atoms with E-state index in [1.165, 1.54) is 0 Å². The van der Waals surface area contributed by atoms with E-state index < -0.39 is 24.2 Å². The lowest BCUT2D eigenvalue weighted by Crippen LogP contribution is -2.37. The standard InChI is InChI=1S/C14H17BrF3NO2.C14H18F3NO2.CH4/c1-13(2,9-4-5-10(15)11(20)8-9)6-3-7-19-12(21)14(16,17)18;1-13(2,10-5-3-6-11(19)9-10)7-4-8-18-12(20)14(15,16)17;/h4-5,8,20H,3,6-7H2,1-2H3,(H,19,21);3,5-6,9,19H,4,7-8H2,1-2H3,(H,18,20);1H4. The van der Waals surface area contributed by atoms with Gasteiger partial charge < -0.3 is 20.8 Å². The van der Waals surface area contributed by atoms with E-state index in [9.17, 15) is 46.1 Å². The minimum absolute atomic E-state index is 0. The molecule has 0 saturated carbocycles. The molecule has 0 aliphatic rings. The number of halogens is 7. The van der Waals surface area contributed by atoms with E-state index in [1.54, 1.807) is 30.3 Å². The molecular weight excluding hydrogens is 634 g/mol. The predicted octanol–water partition coefficient (Wildman–Crippen LogP) is 7.66. The molecule has 0 heterocycles. The quantitative estimate of drug-likeness (QED) is 0.154. The van der Waals surface area contributed by atoms with Crippen molar-refractivity contribution in [2.24, 2.45) is 0 Å². The van der Waals surface area contributed by atoms with Crippen molar-refractivity contribution in [1.29, 1.82) is 0 Å². The predicted molar refractivity (Wildman–Crippen MR) is 153 cm³/mol. The van der Waals surface area contributed by atoms with Crippen LogP contribution in [0.5, 0.6) is 11.5 Å². The summed E-state index contributed by atoms with van der Waals surface area (Å²) in [6.07, 6.45) is -7.68. The Morgan fingerprint density at radius 3 is 1.55 bits per heavy atom. The molecule has 13 heteroatoms. The lowest BCUT2D eigenvalue weighted by molar-refractivity contribution is -0.173. The molecule has 6 nitrogen and oxygen atoms in total. The molecule has 0 bridgehead atoms. The molecule has 42 heavy (non-hydrogen) atoms. The topological polar surface area (TPSA) is 98.7 Å². The Labute approximate surface area is 251 Å². The summed E-state index contributed by atoms with van der Waals surface area (Å²) >= 11 is 3.19. The van der Waals surface area contributed by atoms with Gasteiger partial charge in [-0.3, -0.25) is 9.59 Å². The maximum Gasteiger partial charge on any atom is 0.471 e. The Morgan fingerprint density at radius 1 is 0.738 bits per heavy atom. The van der Waals surface area contributed by atoms with Gasteiger partial charge in [-0.05, 0) is 87.8 Å². The number of rotatable bonds is 10. The number of nitrogens with one attached hydrogen (secondary N) is 2. The number of carbonyl (C=O) groups excluding carboxylic acids is 2. The summed E-state index contributed by atoms with van der Waals surface area (Å²) in [5.41, 5.74) is 1.17. The van der Waals surface area contributed by atoms with Crippen LogP contribution >= 0.6 is 15.9 Å². The van der Waals surface area contributed by atoms with Crippen molar-refractivity contribution in [3.63, 3.8) is 0 Å². The van der Waals surface area contributed by atoms with Crippen LogP contribution in [0.25, 0.3) is 0 Å². The van der Waals surface area contributed by atoms with E-state index in [-0.39, 0.29) is 42.8 Å². The molecule has 0 fully saturated rings. The Morgan fingerprint density at radius 2 is 1.17 bits per heavy atom. The van der Waals surface area contributed by atoms with E-state index in [0.29, 0.717) is 30.2 Å². The van der Waals surface area contributed by atoms with Gasteiger partial charge in [-0.2, -0.15) is 26.3 Å². The van der Waals surface area contributed by atoms with E-state index in [1.807, 2.05) is 50.5 Å². The SMILES string of the molecule is C.CC(C)(CCCNC(=O)C(F)(F)F)c1ccc(Br)c(O)c1.CC(C)(CCCNC(=O)C(F)(F)F)c1cccc(O)c1. The van der Waals surface area contributed by atoms with Crippen LogP contribution in [0, 0.1) is 0 Å². The van der Waals surface area contributed by atoms with Crippen LogP contribution in [0.15, 0.2) is 46.9 Å². The number of phenolic OH excluding ortho intramolecular Hbond substituents is 2. The summed E-state index contributed by atoms with van der Waals surface area (Å²) in [5, 5.41) is 22.8. The van der Waals surface area contributed by atoms with E-state index >= 15 is 0 Å². The molecule has 0 unspecified atom stereocenters. The van der Waals surface area contributed by atoms with Gasteiger partial charge in [0.2, 0.25) is 0 Å². The van der Waals surface area contributed by atoms with Gasteiger partial charge in [0.15, 0.2) is 0 Å². The molecule has 4 N–H and O–H groups in total. The lowest BCUT2D eigenvalue weighted by Gasteiger charge is -2.25. The molecule has 0 aromatic heterocycles. The highest BCUT2D eigenvalue weighted by Gasteiger charge is 2.39. The van der Waals surface area contributed by atoms with Gasteiger partial charge in [-0.25, -0.2) is 0 Å². The number of alkyl halides is 6. The number of hydrogen-bond donors (Lipinski definition) is 4. The molecular formula is C29H39BrF6N2O4. The second-order valence-corrected chi connectivity index (χ2v) is 11.6. The van der Waals surface area contributed by atoms with Gasteiger partial charge in [-0.1, -0.05) is 53.3 Å². The molecule has 0 aliphatic heterocycles. The molecule has 0 atom stereocenters. The summed E-state index contributed by atoms with van der Waals surface area (Å²) in [7, 11) is 0. The molecule has 2 aromatic carbocycles. The van der Waals surface area contributed by atoms with Crippen LogP contribution in [-0.4, -0.2) is 47.5 Å². The van der Waals surface area contributed by atoms with Gasteiger partial charge in [0.25, 0.3) is 0 Å². The zero-order chi connectivity index (χ0) is 31.6. The van der Waals surface area contributed by atoms with E-state index in [2.05, 4.69) is 15.9 Å². The second kappa shape index (κ2) is 16.0. The maximum atomic E-state index is 12.0. The third-order valence-electron chi connectivity index (χ3n) is 6.40. The second-order valence-electron chi connectivity index (χ2n) is 10.7. The molecule has 0 saturated heterocycles. The molecule has 2 aromatic rings. The average Bonchev–Trinajstić information content (AvgIpc) is 2.85. The highest BCUT2D eigenvalue weighted by atomic mass is 79.9. The fourth-order valence-electron chi connectivity index (χ4n) is 3.81. The monoisotopic (exact) mass is 672 g/mol. The third-order valence-corrected chi connectivity index (χ3v) is 7.07.